The molecule has 3 rings (SSSR count). The van der Waals surface area contributed by atoms with Crippen molar-refractivity contribution in [3.05, 3.63) is 57.6 Å². The number of aliphatic hydroxyl groups excluding tert-OH is 1. The molecular weight excluding hydrogens is 312 g/mol. The zero-order valence-electron chi connectivity index (χ0n) is 13.2. The summed E-state index contributed by atoms with van der Waals surface area (Å²) in [5.74, 6) is 1.50. The zero-order valence-corrected chi connectivity index (χ0v) is 13.2. The summed E-state index contributed by atoms with van der Waals surface area (Å²) in [7, 11) is 1.60. The highest BCUT2D eigenvalue weighted by molar-refractivity contribution is 5.63. The van der Waals surface area contributed by atoms with Crippen LogP contribution in [0, 0.1) is 10.1 Å². The first kappa shape index (κ1) is 16.1. The first-order valence-corrected chi connectivity index (χ1v) is 7.55. The molecule has 7 nitrogen and oxygen atoms in total. The summed E-state index contributed by atoms with van der Waals surface area (Å²) in [6.07, 6.45) is 0.680. The van der Waals surface area contributed by atoms with E-state index in [0.717, 1.165) is 17.1 Å². The molecule has 0 bridgehead atoms. The number of anilines is 1. The Morgan fingerprint density at radius 1 is 1.38 bits per heavy atom. The van der Waals surface area contributed by atoms with Gasteiger partial charge in [-0.1, -0.05) is 6.07 Å². The van der Waals surface area contributed by atoms with Crippen molar-refractivity contribution in [3.63, 3.8) is 0 Å². The van der Waals surface area contributed by atoms with E-state index < -0.39 is 4.92 Å². The summed E-state index contributed by atoms with van der Waals surface area (Å²) < 4.78 is 10.9. The summed E-state index contributed by atoms with van der Waals surface area (Å²) in [6, 6.07) is 10.1. The van der Waals surface area contributed by atoms with Crippen LogP contribution in [0.25, 0.3) is 0 Å². The minimum absolute atomic E-state index is 0.0206. The lowest BCUT2D eigenvalue weighted by molar-refractivity contribution is -0.384. The molecule has 1 unspecified atom stereocenters. The van der Waals surface area contributed by atoms with Crippen LogP contribution in [0.15, 0.2) is 36.4 Å². The lowest BCUT2D eigenvalue weighted by Crippen LogP contribution is -2.33. The van der Waals surface area contributed by atoms with Crippen LogP contribution in [0.2, 0.25) is 0 Å². The van der Waals surface area contributed by atoms with Crippen LogP contribution in [-0.4, -0.2) is 29.8 Å². The van der Waals surface area contributed by atoms with E-state index >= 15 is 0 Å². The summed E-state index contributed by atoms with van der Waals surface area (Å²) in [6.45, 7) is 0.219. The van der Waals surface area contributed by atoms with Gasteiger partial charge in [0.2, 0.25) is 0 Å². The number of benzene rings is 2. The molecule has 1 aliphatic heterocycles. The second-order valence-corrected chi connectivity index (χ2v) is 5.60. The highest BCUT2D eigenvalue weighted by Gasteiger charge is 2.23. The normalized spacial score (nSPS) is 16.0. The molecule has 24 heavy (non-hydrogen) atoms. The van der Waals surface area contributed by atoms with Gasteiger partial charge in [-0.05, 0) is 35.7 Å². The average Bonchev–Trinajstić information content (AvgIpc) is 2.60. The molecule has 7 heteroatoms. The summed E-state index contributed by atoms with van der Waals surface area (Å²) >= 11 is 0. The van der Waals surface area contributed by atoms with E-state index in [1.165, 1.54) is 6.07 Å². The van der Waals surface area contributed by atoms with E-state index in [9.17, 15) is 15.2 Å². The molecule has 0 amide bonds. The quantitative estimate of drug-likeness (QED) is 0.646. The van der Waals surface area contributed by atoms with Gasteiger partial charge in [0.15, 0.2) is 0 Å². The van der Waals surface area contributed by atoms with Crippen molar-refractivity contribution in [1.82, 2.24) is 0 Å². The van der Waals surface area contributed by atoms with Crippen LogP contribution in [0.5, 0.6) is 11.5 Å². The zero-order chi connectivity index (χ0) is 17.1. The molecule has 2 N–H and O–H groups in total. The molecular formula is C17H18N2O5. The first-order chi connectivity index (χ1) is 11.6. The van der Waals surface area contributed by atoms with Crippen LogP contribution < -0.4 is 14.8 Å². The maximum Gasteiger partial charge on any atom is 0.292 e. The van der Waals surface area contributed by atoms with Gasteiger partial charge >= 0.3 is 0 Å². The number of methoxy groups -OCH3 is 1. The lowest BCUT2D eigenvalue weighted by Gasteiger charge is -2.27. The van der Waals surface area contributed by atoms with Crippen molar-refractivity contribution in [2.45, 2.75) is 19.1 Å². The van der Waals surface area contributed by atoms with Crippen molar-refractivity contribution in [2.75, 3.05) is 19.0 Å². The number of hydrogen-bond acceptors (Lipinski definition) is 6. The molecule has 0 saturated carbocycles. The van der Waals surface area contributed by atoms with Gasteiger partial charge < -0.3 is 19.9 Å². The second kappa shape index (κ2) is 6.76. The fraction of sp³-hybridized carbons (Fsp3) is 0.294. The standard InChI is InChI=1S/C17H18N2O5/c1-23-14-4-3-12-7-13(10-24-17(12)8-14)18-15-6-11(9-20)2-5-16(15)19(21)22/h2-6,8,13,18,20H,7,9-10H2,1H3. The maximum absolute atomic E-state index is 11.2. The monoisotopic (exact) mass is 330 g/mol. The summed E-state index contributed by atoms with van der Waals surface area (Å²) in [5, 5.41) is 23.6. The van der Waals surface area contributed by atoms with Crippen molar-refractivity contribution < 1.29 is 19.5 Å². The molecule has 0 saturated heterocycles. The van der Waals surface area contributed by atoms with Gasteiger partial charge in [0.25, 0.3) is 5.69 Å². The number of fused-ring (bicyclic) bond motifs is 1. The van der Waals surface area contributed by atoms with Crippen LogP contribution in [-0.2, 0) is 13.0 Å². The van der Waals surface area contributed by atoms with Crippen molar-refractivity contribution in [1.29, 1.82) is 0 Å². The second-order valence-electron chi connectivity index (χ2n) is 5.60. The molecule has 1 aliphatic rings. The van der Waals surface area contributed by atoms with Gasteiger partial charge in [0.05, 0.1) is 24.7 Å². The van der Waals surface area contributed by atoms with Gasteiger partial charge in [0.1, 0.15) is 23.8 Å². The number of nitrogens with zero attached hydrogens (tertiary/aromatic N) is 1. The van der Waals surface area contributed by atoms with E-state index in [1.807, 2.05) is 18.2 Å². The highest BCUT2D eigenvalue weighted by Crippen LogP contribution is 2.32. The maximum atomic E-state index is 11.2. The Balaban J connectivity index is 1.81. The number of nitro benzene ring substituents is 1. The number of ether oxygens (including phenoxy) is 2. The number of hydrogen-bond donors (Lipinski definition) is 2. The van der Waals surface area contributed by atoms with Gasteiger partial charge in [-0.3, -0.25) is 10.1 Å². The molecule has 0 fully saturated rings. The average molecular weight is 330 g/mol. The largest absolute Gasteiger partial charge is 0.497 e. The lowest BCUT2D eigenvalue weighted by atomic mass is 10.0. The molecule has 126 valence electrons. The predicted octanol–water partition coefficient (Wildman–Crippen LogP) is 2.51. The van der Waals surface area contributed by atoms with Gasteiger partial charge in [0, 0.05) is 12.1 Å². The smallest absolute Gasteiger partial charge is 0.292 e. The molecule has 1 heterocycles. The van der Waals surface area contributed by atoms with Gasteiger partial charge in [-0.25, -0.2) is 0 Å². The third-order valence-corrected chi connectivity index (χ3v) is 3.98. The molecule has 1 atom stereocenters. The Morgan fingerprint density at radius 2 is 2.21 bits per heavy atom. The topological polar surface area (TPSA) is 93.9 Å². The number of aliphatic hydroxyl groups is 1. The summed E-state index contributed by atoms with van der Waals surface area (Å²) in [5.41, 5.74) is 2.00. The van der Waals surface area contributed by atoms with Gasteiger partial charge in [-0.15, -0.1) is 0 Å². The highest BCUT2D eigenvalue weighted by atomic mass is 16.6. The number of nitro groups is 1. The molecule has 2 aromatic rings. The molecule has 2 aromatic carbocycles. The first-order valence-electron chi connectivity index (χ1n) is 7.55. The van der Waals surface area contributed by atoms with Crippen molar-refractivity contribution in [3.8, 4) is 11.5 Å². The summed E-state index contributed by atoms with van der Waals surface area (Å²) in [4.78, 5) is 10.8. The molecule has 0 aromatic heterocycles. The fourth-order valence-corrected chi connectivity index (χ4v) is 2.75. The number of rotatable bonds is 5. The Kier molecular flexibility index (Phi) is 4.52. The fourth-order valence-electron chi connectivity index (χ4n) is 2.75. The van der Waals surface area contributed by atoms with Crippen LogP contribution >= 0.6 is 0 Å². The Bertz CT molecular complexity index is 763. The minimum atomic E-state index is -0.439. The van der Waals surface area contributed by atoms with Crippen LogP contribution in [0.3, 0.4) is 0 Å². The van der Waals surface area contributed by atoms with E-state index in [0.29, 0.717) is 24.3 Å². The Hall–Kier alpha value is -2.80. The Labute approximate surface area is 139 Å². The minimum Gasteiger partial charge on any atom is -0.497 e. The molecule has 0 spiro atoms. The van der Waals surface area contributed by atoms with Crippen LogP contribution in [0.4, 0.5) is 11.4 Å². The molecule has 0 radical (unpaired) electrons. The van der Waals surface area contributed by atoms with E-state index in [2.05, 4.69) is 5.32 Å². The SMILES string of the molecule is COc1ccc2c(c1)OCC(Nc1cc(CO)ccc1[N+](=O)[O-])C2. The predicted molar refractivity (Wildman–Crippen MR) is 88.6 cm³/mol. The Morgan fingerprint density at radius 3 is 2.92 bits per heavy atom. The third-order valence-electron chi connectivity index (χ3n) is 3.98. The van der Waals surface area contributed by atoms with E-state index in [1.54, 1.807) is 19.2 Å². The van der Waals surface area contributed by atoms with E-state index in [4.69, 9.17) is 9.47 Å². The van der Waals surface area contributed by atoms with Crippen molar-refractivity contribution >= 4 is 11.4 Å². The van der Waals surface area contributed by atoms with Crippen LogP contribution in [0.1, 0.15) is 11.1 Å². The van der Waals surface area contributed by atoms with Gasteiger partial charge in [-0.2, -0.15) is 0 Å². The van der Waals surface area contributed by atoms with Crippen molar-refractivity contribution in [2.24, 2.45) is 0 Å². The molecule has 0 aliphatic carbocycles. The van der Waals surface area contributed by atoms with E-state index in [-0.39, 0.29) is 18.3 Å². The number of nitrogens with one attached hydrogen (secondary N) is 1. The third kappa shape index (κ3) is 3.26.